The summed E-state index contributed by atoms with van der Waals surface area (Å²) in [7, 11) is 2.15. The summed E-state index contributed by atoms with van der Waals surface area (Å²) in [6.45, 7) is 3.29. The molecule has 1 atom stereocenters. The highest BCUT2D eigenvalue weighted by atomic mass is 32.1. The van der Waals surface area contributed by atoms with Gasteiger partial charge in [0, 0.05) is 31.2 Å². The highest BCUT2D eigenvalue weighted by Crippen LogP contribution is 2.18. The molecular formula is C8H13N3S. The first-order valence-corrected chi connectivity index (χ1v) is 5.05. The minimum absolute atomic E-state index is 0.448. The monoisotopic (exact) mass is 183 g/mol. The van der Waals surface area contributed by atoms with Crippen LogP contribution in [-0.2, 0) is 0 Å². The molecule has 0 radical (unpaired) electrons. The highest BCUT2D eigenvalue weighted by Gasteiger charge is 2.19. The fraction of sp³-hybridized carbons (Fsp3) is 0.625. The van der Waals surface area contributed by atoms with Gasteiger partial charge < -0.3 is 10.2 Å². The minimum atomic E-state index is 0.448. The first-order valence-electron chi connectivity index (χ1n) is 4.17. The lowest BCUT2D eigenvalue weighted by atomic mass is 10.2. The molecule has 1 aromatic rings. The van der Waals surface area contributed by atoms with Gasteiger partial charge in [0.05, 0.1) is 6.04 Å². The molecule has 2 rings (SSSR count). The second kappa shape index (κ2) is 3.51. The molecule has 0 aliphatic carbocycles. The van der Waals surface area contributed by atoms with Gasteiger partial charge in [0.25, 0.3) is 0 Å². The van der Waals surface area contributed by atoms with Crippen LogP contribution >= 0.6 is 11.3 Å². The molecular weight excluding hydrogens is 170 g/mol. The first kappa shape index (κ1) is 8.16. The number of aromatic nitrogens is 1. The molecule has 12 heavy (non-hydrogen) atoms. The van der Waals surface area contributed by atoms with E-state index in [4.69, 9.17) is 0 Å². The molecule has 0 saturated carbocycles. The van der Waals surface area contributed by atoms with Crippen LogP contribution in [0.25, 0.3) is 0 Å². The summed E-state index contributed by atoms with van der Waals surface area (Å²) in [6.07, 6.45) is 1.87. The van der Waals surface area contributed by atoms with Gasteiger partial charge in [0.2, 0.25) is 0 Å². The average molecular weight is 183 g/mol. The lowest BCUT2D eigenvalue weighted by molar-refractivity contribution is 0.240. The zero-order chi connectivity index (χ0) is 8.39. The third-order valence-corrected chi connectivity index (χ3v) is 3.02. The number of hydrogen-bond acceptors (Lipinski definition) is 4. The van der Waals surface area contributed by atoms with Crippen molar-refractivity contribution in [1.29, 1.82) is 0 Å². The fourth-order valence-corrected chi connectivity index (χ4v) is 2.17. The standard InChI is InChI=1S/C8H13N3S/c1-11-4-2-9-7(6-11)8-10-3-5-12-8/h3,5,7,9H,2,4,6H2,1H3. The van der Waals surface area contributed by atoms with Gasteiger partial charge in [-0.05, 0) is 7.05 Å². The number of nitrogens with zero attached hydrogens (tertiary/aromatic N) is 2. The lowest BCUT2D eigenvalue weighted by Gasteiger charge is -2.29. The van der Waals surface area contributed by atoms with Crippen molar-refractivity contribution in [3.8, 4) is 0 Å². The summed E-state index contributed by atoms with van der Waals surface area (Å²) in [6, 6.07) is 0.448. The molecule has 1 aromatic heterocycles. The van der Waals surface area contributed by atoms with Crippen molar-refractivity contribution in [3.05, 3.63) is 16.6 Å². The van der Waals surface area contributed by atoms with E-state index in [1.807, 2.05) is 11.6 Å². The van der Waals surface area contributed by atoms with E-state index in [-0.39, 0.29) is 0 Å². The summed E-state index contributed by atoms with van der Waals surface area (Å²) < 4.78 is 0. The predicted octanol–water partition coefficient (Wildman–Crippen LogP) is 0.719. The van der Waals surface area contributed by atoms with Crippen molar-refractivity contribution in [2.75, 3.05) is 26.7 Å². The van der Waals surface area contributed by atoms with Crippen molar-refractivity contribution in [2.45, 2.75) is 6.04 Å². The fourth-order valence-electron chi connectivity index (χ4n) is 1.47. The molecule has 1 N–H and O–H groups in total. The van der Waals surface area contributed by atoms with Crippen LogP contribution in [-0.4, -0.2) is 36.6 Å². The van der Waals surface area contributed by atoms with Crippen LogP contribution in [0.5, 0.6) is 0 Å². The van der Waals surface area contributed by atoms with E-state index in [0.717, 1.165) is 19.6 Å². The first-order chi connectivity index (χ1) is 5.86. The summed E-state index contributed by atoms with van der Waals surface area (Å²) in [5, 5.41) is 6.70. The molecule has 0 amide bonds. The quantitative estimate of drug-likeness (QED) is 0.695. The maximum atomic E-state index is 4.30. The van der Waals surface area contributed by atoms with E-state index >= 15 is 0 Å². The molecule has 1 unspecified atom stereocenters. The van der Waals surface area contributed by atoms with Crippen LogP contribution in [0.4, 0.5) is 0 Å². The average Bonchev–Trinajstić information content (AvgIpc) is 2.56. The molecule has 2 heterocycles. The number of thiazole rings is 1. The Hall–Kier alpha value is -0.450. The topological polar surface area (TPSA) is 28.2 Å². The van der Waals surface area contributed by atoms with Gasteiger partial charge in [-0.3, -0.25) is 0 Å². The van der Waals surface area contributed by atoms with Crippen LogP contribution < -0.4 is 5.32 Å². The van der Waals surface area contributed by atoms with E-state index in [1.165, 1.54) is 5.01 Å². The third kappa shape index (κ3) is 1.65. The van der Waals surface area contributed by atoms with E-state index in [9.17, 15) is 0 Å². The summed E-state index contributed by atoms with van der Waals surface area (Å²) in [4.78, 5) is 6.64. The second-order valence-corrected chi connectivity index (χ2v) is 4.07. The van der Waals surface area contributed by atoms with E-state index in [2.05, 4.69) is 22.2 Å². The largest absolute Gasteiger partial charge is 0.306 e. The number of rotatable bonds is 1. The van der Waals surface area contributed by atoms with Crippen molar-refractivity contribution in [3.63, 3.8) is 0 Å². The molecule has 1 aliphatic rings. The Labute approximate surface area is 76.4 Å². The van der Waals surface area contributed by atoms with Crippen molar-refractivity contribution in [1.82, 2.24) is 15.2 Å². The van der Waals surface area contributed by atoms with Crippen molar-refractivity contribution >= 4 is 11.3 Å². The SMILES string of the molecule is CN1CCNC(c2nccs2)C1. The summed E-state index contributed by atoms with van der Waals surface area (Å²) in [5.41, 5.74) is 0. The number of piperazine rings is 1. The molecule has 0 spiro atoms. The minimum Gasteiger partial charge on any atom is -0.306 e. The molecule has 1 fully saturated rings. The van der Waals surface area contributed by atoms with Gasteiger partial charge in [-0.1, -0.05) is 0 Å². The Morgan fingerprint density at radius 3 is 3.33 bits per heavy atom. The lowest BCUT2D eigenvalue weighted by Crippen LogP contribution is -2.43. The van der Waals surface area contributed by atoms with Crippen molar-refractivity contribution < 1.29 is 0 Å². The van der Waals surface area contributed by atoms with Gasteiger partial charge in [-0.15, -0.1) is 11.3 Å². The van der Waals surface area contributed by atoms with E-state index < -0.39 is 0 Å². The zero-order valence-electron chi connectivity index (χ0n) is 7.16. The molecule has 0 aromatic carbocycles. The van der Waals surface area contributed by atoms with E-state index in [1.54, 1.807) is 11.3 Å². The zero-order valence-corrected chi connectivity index (χ0v) is 7.97. The Kier molecular flexibility index (Phi) is 2.39. The van der Waals surface area contributed by atoms with Gasteiger partial charge in [0.1, 0.15) is 5.01 Å². The van der Waals surface area contributed by atoms with Crippen molar-refractivity contribution in [2.24, 2.45) is 0 Å². The Bertz CT molecular complexity index is 234. The van der Waals surface area contributed by atoms with Crippen LogP contribution in [0.15, 0.2) is 11.6 Å². The highest BCUT2D eigenvalue weighted by molar-refractivity contribution is 7.09. The molecule has 3 nitrogen and oxygen atoms in total. The van der Waals surface area contributed by atoms with Gasteiger partial charge in [-0.2, -0.15) is 0 Å². The number of nitrogens with one attached hydrogen (secondary N) is 1. The van der Waals surface area contributed by atoms with Gasteiger partial charge in [-0.25, -0.2) is 4.98 Å². The maximum absolute atomic E-state index is 4.30. The van der Waals surface area contributed by atoms with Crippen LogP contribution in [0.2, 0.25) is 0 Å². The third-order valence-electron chi connectivity index (χ3n) is 2.13. The predicted molar refractivity (Wildman–Crippen MR) is 50.4 cm³/mol. The molecule has 4 heteroatoms. The molecule has 1 saturated heterocycles. The van der Waals surface area contributed by atoms with Gasteiger partial charge in [0.15, 0.2) is 0 Å². The van der Waals surface area contributed by atoms with Gasteiger partial charge >= 0.3 is 0 Å². The summed E-state index contributed by atoms with van der Waals surface area (Å²) in [5.74, 6) is 0. The van der Waals surface area contributed by atoms with Crippen LogP contribution in [0.3, 0.4) is 0 Å². The van der Waals surface area contributed by atoms with Crippen LogP contribution in [0, 0.1) is 0 Å². The second-order valence-electron chi connectivity index (χ2n) is 3.14. The number of hydrogen-bond donors (Lipinski definition) is 1. The Morgan fingerprint density at radius 2 is 2.67 bits per heavy atom. The summed E-state index contributed by atoms with van der Waals surface area (Å²) >= 11 is 1.73. The number of likely N-dealkylation sites (N-methyl/N-ethyl adjacent to an activating group) is 1. The normalized spacial score (nSPS) is 25.9. The molecule has 66 valence electrons. The maximum Gasteiger partial charge on any atom is 0.111 e. The Balaban J connectivity index is 2.04. The Morgan fingerprint density at radius 1 is 1.75 bits per heavy atom. The van der Waals surface area contributed by atoms with Crippen LogP contribution in [0.1, 0.15) is 11.0 Å². The smallest absolute Gasteiger partial charge is 0.111 e. The molecule has 0 bridgehead atoms. The molecule has 1 aliphatic heterocycles. The van der Waals surface area contributed by atoms with E-state index in [0.29, 0.717) is 6.04 Å².